The molecule has 0 atom stereocenters. The van der Waals surface area contributed by atoms with Gasteiger partial charge in [0.15, 0.2) is 0 Å². The molecule has 0 aromatic carbocycles. The Kier molecular flexibility index (Phi) is 7.03. The lowest BCUT2D eigenvalue weighted by Gasteiger charge is -2.34. The summed E-state index contributed by atoms with van der Waals surface area (Å²) in [6, 6.07) is 0. The molecule has 0 aromatic rings. The van der Waals surface area contributed by atoms with Gasteiger partial charge in [0, 0.05) is 35.6 Å². The van der Waals surface area contributed by atoms with Crippen molar-refractivity contribution in [3.05, 3.63) is 47.1 Å². The Balaban J connectivity index is 2.49. The Morgan fingerprint density at radius 2 is 1.43 bits per heavy atom. The maximum atomic E-state index is 12.7. The molecule has 8 nitrogen and oxygen atoms in total. The number of ether oxygens (including phenoxy) is 3. The first-order chi connectivity index (χ1) is 13.3. The van der Waals surface area contributed by atoms with Crippen LogP contribution in [0.4, 0.5) is 4.79 Å². The monoisotopic (exact) mass is 390 g/mol. The number of carbonyl (C=O) groups excluding carboxylic acids is 3. The summed E-state index contributed by atoms with van der Waals surface area (Å²) >= 11 is 0. The third kappa shape index (κ3) is 4.27. The fourth-order valence-corrected chi connectivity index (χ4v) is 3.34. The number of carbonyl (C=O) groups is 3. The van der Waals surface area contributed by atoms with Crippen LogP contribution in [0.25, 0.3) is 0 Å². The van der Waals surface area contributed by atoms with Crippen molar-refractivity contribution < 1.29 is 28.6 Å². The minimum atomic E-state index is -0.605. The molecule has 0 spiro atoms. The van der Waals surface area contributed by atoms with Crippen molar-refractivity contribution in [1.29, 1.82) is 0 Å². The number of nitrogens with one attached hydrogen (secondary N) is 1. The van der Waals surface area contributed by atoms with Gasteiger partial charge in [0.2, 0.25) is 0 Å². The van der Waals surface area contributed by atoms with Crippen LogP contribution in [0.5, 0.6) is 0 Å². The lowest BCUT2D eigenvalue weighted by atomic mass is 9.76. The van der Waals surface area contributed by atoms with Crippen LogP contribution in [-0.4, -0.2) is 43.3 Å². The third-order valence-corrected chi connectivity index (χ3v) is 4.50. The minimum absolute atomic E-state index is 0.215. The highest BCUT2D eigenvalue weighted by Gasteiger charge is 2.40. The molecule has 0 saturated heterocycles. The van der Waals surface area contributed by atoms with Crippen LogP contribution >= 0.6 is 0 Å². The van der Waals surface area contributed by atoms with Crippen LogP contribution in [0, 0.1) is 11.8 Å². The number of nitrogens with zero attached hydrogens (tertiary/aromatic N) is 1. The summed E-state index contributed by atoms with van der Waals surface area (Å²) < 4.78 is 15.2. The van der Waals surface area contributed by atoms with Crippen molar-refractivity contribution in [2.24, 2.45) is 11.8 Å². The summed E-state index contributed by atoms with van der Waals surface area (Å²) in [5.74, 6) is -1.95. The predicted octanol–water partition coefficient (Wildman–Crippen LogP) is 2.61. The zero-order chi connectivity index (χ0) is 20.8. The molecule has 2 aliphatic heterocycles. The second kappa shape index (κ2) is 9.25. The van der Waals surface area contributed by atoms with E-state index in [9.17, 15) is 14.4 Å². The van der Waals surface area contributed by atoms with Crippen LogP contribution in [0.3, 0.4) is 0 Å². The van der Waals surface area contributed by atoms with Gasteiger partial charge in [-0.2, -0.15) is 0 Å². The number of esters is 2. The van der Waals surface area contributed by atoms with Crippen LogP contribution in [0.1, 0.15) is 27.7 Å². The first-order valence-corrected chi connectivity index (χ1v) is 9.11. The van der Waals surface area contributed by atoms with Crippen molar-refractivity contribution in [2.75, 3.05) is 20.3 Å². The van der Waals surface area contributed by atoms with E-state index in [0.717, 1.165) is 0 Å². The van der Waals surface area contributed by atoms with Crippen molar-refractivity contribution in [3.63, 3.8) is 0 Å². The van der Waals surface area contributed by atoms with E-state index >= 15 is 0 Å². The number of amides is 1. The molecule has 1 amide bonds. The molecule has 0 bridgehead atoms. The zero-order valence-electron chi connectivity index (χ0n) is 16.8. The molecule has 2 heterocycles. The van der Waals surface area contributed by atoms with Gasteiger partial charge < -0.3 is 19.5 Å². The highest BCUT2D eigenvalue weighted by molar-refractivity contribution is 5.98. The summed E-state index contributed by atoms with van der Waals surface area (Å²) in [4.78, 5) is 38.3. The van der Waals surface area contributed by atoms with Crippen molar-refractivity contribution in [2.45, 2.75) is 27.7 Å². The van der Waals surface area contributed by atoms with E-state index in [-0.39, 0.29) is 19.1 Å². The number of hydrogen-bond donors (Lipinski definition) is 1. The quantitative estimate of drug-likeness (QED) is 0.569. The summed E-state index contributed by atoms with van der Waals surface area (Å²) in [5.41, 5.74) is 1.96. The van der Waals surface area contributed by atoms with Crippen LogP contribution in [0.15, 0.2) is 47.1 Å². The summed E-state index contributed by atoms with van der Waals surface area (Å²) in [6.07, 6.45) is 6.05. The van der Waals surface area contributed by atoms with Gasteiger partial charge >= 0.3 is 18.0 Å². The summed E-state index contributed by atoms with van der Waals surface area (Å²) in [6.45, 7) is 7.41. The molecule has 0 aliphatic carbocycles. The molecule has 2 aliphatic rings. The molecule has 8 heteroatoms. The molecular formula is C20H26N2O6. The minimum Gasteiger partial charge on any atom is -0.463 e. The molecule has 0 saturated carbocycles. The largest absolute Gasteiger partial charge is 0.463 e. The Labute approximate surface area is 164 Å². The van der Waals surface area contributed by atoms with Gasteiger partial charge in [0.05, 0.1) is 31.5 Å². The molecular weight excluding hydrogens is 364 g/mol. The third-order valence-electron chi connectivity index (χ3n) is 4.50. The van der Waals surface area contributed by atoms with Gasteiger partial charge in [-0.05, 0) is 27.7 Å². The van der Waals surface area contributed by atoms with Crippen molar-refractivity contribution in [3.8, 4) is 0 Å². The van der Waals surface area contributed by atoms with E-state index in [4.69, 9.17) is 14.2 Å². The summed E-state index contributed by atoms with van der Waals surface area (Å²) in [7, 11) is 1.29. The molecule has 28 heavy (non-hydrogen) atoms. The Morgan fingerprint density at radius 1 is 0.964 bits per heavy atom. The molecule has 0 fully saturated rings. The van der Waals surface area contributed by atoms with Gasteiger partial charge in [-0.25, -0.2) is 14.4 Å². The van der Waals surface area contributed by atoms with Gasteiger partial charge in [0.25, 0.3) is 0 Å². The Morgan fingerprint density at radius 3 is 1.82 bits per heavy atom. The second-order valence-corrected chi connectivity index (χ2v) is 6.26. The number of allylic oxidation sites excluding steroid dienone is 4. The molecule has 0 unspecified atom stereocenters. The number of hydrogen-bond acceptors (Lipinski definition) is 7. The summed E-state index contributed by atoms with van der Waals surface area (Å²) in [5, 5.41) is 3.09. The van der Waals surface area contributed by atoms with E-state index < -0.39 is 23.9 Å². The van der Waals surface area contributed by atoms with E-state index in [1.807, 2.05) is 0 Å². The maximum Gasteiger partial charge on any atom is 0.417 e. The average molecular weight is 390 g/mol. The van der Waals surface area contributed by atoms with Gasteiger partial charge in [-0.15, -0.1) is 0 Å². The van der Waals surface area contributed by atoms with Crippen molar-refractivity contribution in [1.82, 2.24) is 10.2 Å². The number of methoxy groups -OCH3 is 1. The second-order valence-electron chi connectivity index (χ2n) is 6.26. The fraction of sp³-hybridized carbons (Fsp3) is 0.450. The van der Waals surface area contributed by atoms with Crippen LogP contribution in [-0.2, 0) is 23.8 Å². The molecule has 1 N–H and O–H groups in total. The van der Waals surface area contributed by atoms with Crippen molar-refractivity contribution >= 4 is 18.0 Å². The maximum absolute atomic E-state index is 12.7. The standard InChI is InChI=1S/C20H26N2O6/c1-6-27-18(23)15-12(3)21-13(4)16(19(24)28-7-2)17(15)14-8-10-22(11-9-14)20(25)26-5/h8-11,14,17,21H,6-7H2,1-5H3. The molecule has 152 valence electrons. The lowest BCUT2D eigenvalue weighted by Crippen LogP contribution is -2.37. The van der Waals surface area contributed by atoms with E-state index in [2.05, 4.69) is 5.32 Å². The van der Waals surface area contributed by atoms with Gasteiger partial charge in [-0.3, -0.25) is 4.90 Å². The highest BCUT2D eigenvalue weighted by atomic mass is 16.5. The molecule has 2 rings (SSSR count). The highest BCUT2D eigenvalue weighted by Crippen LogP contribution is 2.39. The number of dihydropyridines is 1. The van der Waals surface area contributed by atoms with Gasteiger partial charge in [0.1, 0.15) is 0 Å². The predicted molar refractivity (Wildman–Crippen MR) is 101 cm³/mol. The first kappa shape index (κ1) is 21.3. The normalized spacial score (nSPS) is 17.5. The molecule has 0 aromatic heterocycles. The van der Waals surface area contributed by atoms with E-state index in [1.165, 1.54) is 12.0 Å². The average Bonchev–Trinajstić information content (AvgIpc) is 2.67. The van der Waals surface area contributed by atoms with E-state index in [1.54, 1.807) is 52.2 Å². The number of rotatable bonds is 5. The van der Waals surface area contributed by atoms with Crippen LogP contribution < -0.4 is 5.32 Å². The van der Waals surface area contributed by atoms with Crippen LogP contribution in [0.2, 0.25) is 0 Å². The first-order valence-electron chi connectivity index (χ1n) is 9.11. The van der Waals surface area contributed by atoms with E-state index in [0.29, 0.717) is 22.5 Å². The van der Waals surface area contributed by atoms with Gasteiger partial charge in [-0.1, -0.05) is 12.2 Å². The zero-order valence-corrected chi connectivity index (χ0v) is 16.8. The topological polar surface area (TPSA) is 94.2 Å². The SMILES string of the molecule is CCOC(=O)C1=C(C)NC(C)=C(C(=O)OCC)C1C1C=CN(C(=O)OC)C=C1. The molecule has 0 radical (unpaired) electrons. The Bertz CT molecular complexity index is 724. The smallest absolute Gasteiger partial charge is 0.417 e. The Hall–Kier alpha value is -3.03. The fourth-order valence-electron chi connectivity index (χ4n) is 3.34. The lowest BCUT2D eigenvalue weighted by molar-refractivity contribution is -0.140.